The lowest BCUT2D eigenvalue weighted by atomic mass is 10.1. The van der Waals surface area contributed by atoms with E-state index in [-0.39, 0.29) is 12.0 Å². The first-order valence-electron chi connectivity index (χ1n) is 9.74. The summed E-state index contributed by atoms with van der Waals surface area (Å²) in [5.41, 5.74) is 4.22. The number of halogens is 3. The second-order valence-electron chi connectivity index (χ2n) is 7.50. The lowest BCUT2D eigenvalue weighted by molar-refractivity contribution is 0.124. The van der Waals surface area contributed by atoms with Crippen LogP contribution in [0.15, 0.2) is 66.7 Å². The van der Waals surface area contributed by atoms with Crippen LogP contribution in [0.4, 0.5) is 4.39 Å². The summed E-state index contributed by atoms with van der Waals surface area (Å²) in [5.74, 6) is -0.264. The standard InChI is InChI=1S/C24H23Cl2FN2/c1-17-6-2-3-7-19(17)15-28-12-13-29(16-21-22(26)10-5-11-23(21)27)24(28)18-8-4-9-20(25)14-18/h2-11,14,24H,12-13,15-16H2,1H3/t24-/m1/s1. The molecule has 3 aromatic rings. The van der Waals surface area contributed by atoms with E-state index in [1.165, 1.54) is 17.2 Å². The molecule has 0 N–H and O–H groups in total. The number of hydrogen-bond acceptors (Lipinski definition) is 2. The van der Waals surface area contributed by atoms with E-state index in [2.05, 4.69) is 47.1 Å². The molecule has 0 bridgehead atoms. The van der Waals surface area contributed by atoms with Gasteiger partial charge >= 0.3 is 0 Å². The minimum absolute atomic E-state index is 0.00368. The van der Waals surface area contributed by atoms with Gasteiger partial charge in [0.25, 0.3) is 0 Å². The van der Waals surface area contributed by atoms with Gasteiger partial charge in [-0.05, 0) is 47.9 Å². The lowest BCUT2D eigenvalue weighted by Crippen LogP contribution is -2.31. The Morgan fingerprint density at radius 2 is 1.62 bits per heavy atom. The molecule has 1 fully saturated rings. The van der Waals surface area contributed by atoms with Gasteiger partial charge in [0, 0.05) is 41.8 Å². The number of hydrogen-bond donors (Lipinski definition) is 0. The smallest absolute Gasteiger partial charge is 0.129 e. The molecule has 1 aliphatic heterocycles. The minimum Gasteiger partial charge on any atom is -0.278 e. The average Bonchev–Trinajstić information content (AvgIpc) is 3.09. The number of benzene rings is 3. The molecule has 0 spiro atoms. The topological polar surface area (TPSA) is 6.48 Å². The fourth-order valence-corrected chi connectivity index (χ4v) is 4.47. The van der Waals surface area contributed by atoms with E-state index in [0.717, 1.165) is 25.2 Å². The highest BCUT2D eigenvalue weighted by Gasteiger charge is 2.34. The third-order valence-electron chi connectivity index (χ3n) is 5.57. The second kappa shape index (κ2) is 8.85. The van der Waals surface area contributed by atoms with Gasteiger partial charge in [-0.2, -0.15) is 0 Å². The van der Waals surface area contributed by atoms with E-state index in [4.69, 9.17) is 23.2 Å². The molecule has 5 heteroatoms. The molecule has 2 nitrogen and oxygen atoms in total. The van der Waals surface area contributed by atoms with Gasteiger partial charge < -0.3 is 0 Å². The van der Waals surface area contributed by atoms with Crippen LogP contribution >= 0.6 is 23.2 Å². The molecule has 1 aliphatic rings. The molecular formula is C24H23Cl2FN2. The molecule has 0 amide bonds. The van der Waals surface area contributed by atoms with Crippen LogP contribution < -0.4 is 0 Å². The van der Waals surface area contributed by atoms with Crippen LogP contribution in [0.1, 0.15) is 28.4 Å². The fourth-order valence-electron chi connectivity index (χ4n) is 4.05. The second-order valence-corrected chi connectivity index (χ2v) is 8.34. The van der Waals surface area contributed by atoms with E-state index >= 15 is 0 Å². The van der Waals surface area contributed by atoms with Crippen LogP contribution in [0.3, 0.4) is 0 Å². The van der Waals surface area contributed by atoms with Gasteiger partial charge in [-0.3, -0.25) is 9.80 Å². The van der Waals surface area contributed by atoms with Crippen molar-refractivity contribution in [3.63, 3.8) is 0 Å². The molecule has 3 aromatic carbocycles. The van der Waals surface area contributed by atoms with Crippen molar-refractivity contribution in [1.82, 2.24) is 9.80 Å². The van der Waals surface area contributed by atoms with Crippen LogP contribution in [0.25, 0.3) is 0 Å². The highest BCUT2D eigenvalue weighted by molar-refractivity contribution is 6.31. The first kappa shape index (κ1) is 20.4. The maximum atomic E-state index is 14.4. The van der Waals surface area contributed by atoms with Gasteiger partial charge in [0.05, 0.1) is 6.17 Å². The first-order chi connectivity index (χ1) is 14.0. The highest BCUT2D eigenvalue weighted by atomic mass is 35.5. The van der Waals surface area contributed by atoms with Gasteiger partial charge in [0.15, 0.2) is 0 Å². The quantitative estimate of drug-likeness (QED) is 0.460. The molecule has 1 atom stereocenters. The zero-order valence-corrected chi connectivity index (χ0v) is 17.8. The molecular weight excluding hydrogens is 406 g/mol. The number of nitrogens with zero attached hydrogens (tertiary/aromatic N) is 2. The summed E-state index contributed by atoms with van der Waals surface area (Å²) >= 11 is 12.6. The lowest BCUT2D eigenvalue weighted by Gasteiger charge is -2.31. The highest BCUT2D eigenvalue weighted by Crippen LogP contribution is 2.35. The van der Waals surface area contributed by atoms with E-state index < -0.39 is 0 Å². The Labute approximate surface area is 181 Å². The fraction of sp³-hybridized carbons (Fsp3) is 0.250. The Bertz CT molecular complexity index is 987. The van der Waals surface area contributed by atoms with Crippen LogP contribution in [-0.2, 0) is 13.1 Å². The summed E-state index contributed by atoms with van der Waals surface area (Å²) in [6.07, 6.45) is 0.00368. The van der Waals surface area contributed by atoms with Crippen molar-refractivity contribution < 1.29 is 4.39 Å². The maximum absolute atomic E-state index is 14.4. The Morgan fingerprint density at radius 3 is 2.34 bits per heavy atom. The molecule has 0 unspecified atom stereocenters. The van der Waals surface area contributed by atoms with E-state index in [0.29, 0.717) is 22.2 Å². The SMILES string of the molecule is Cc1ccccc1CN1CCN(Cc2c(F)cccc2Cl)[C@@H]1c1cccc(Cl)c1. The zero-order chi connectivity index (χ0) is 20.4. The van der Waals surface area contributed by atoms with Crippen molar-refractivity contribution in [3.05, 3.63) is 105 Å². The van der Waals surface area contributed by atoms with E-state index in [9.17, 15) is 4.39 Å². The molecule has 29 heavy (non-hydrogen) atoms. The Morgan fingerprint density at radius 1 is 0.897 bits per heavy atom. The summed E-state index contributed by atoms with van der Waals surface area (Å²) in [4.78, 5) is 4.69. The van der Waals surface area contributed by atoms with Crippen molar-refractivity contribution in [3.8, 4) is 0 Å². The molecule has 1 saturated heterocycles. The maximum Gasteiger partial charge on any atom is 0.129 e. The Kier molecular flexibility index (Phi) is 6.21. The summed E-state index contributed by atoms with van der Waals surface area (Å²) in [7, 11) is 0. The van der Waals surface area contributed by atoms with Crippen molar-refractivity contribution in [2.75, 3.05) is 13.1 Å². The minimum atomic E-state index is -0.264. The molecule has 0 aromatic heterocycles. The summed E-state index contributed by atoms with van der Waals surface area (Å²) in [6, 6.07) is 21.2. The van der Waals surface area contributed by atoms with Crippen molar-refractivity contribution in [2.45, 2.75) is 26.2 Å². The van der Waals surface area contributed by atoms with Crippen molar-refractivity contribution in [1.29, 1.82) is 0 Å². The average molecular weight is 429 g/mol. The Hall–Kier alpha value is -1.91. The largest absolute Gasteiger partial charge is 0.278 e. The van der Waals surface area contributed by atoms with Gasteiger partial charge in [-0.25, -0.2) is 4.39 Å². The predicted molar refractivity (Wildman–Crippen MR) is 118 cm³/mol. The summed E-state index contributed by atoms with van der Waals surface area (Å²) in [5, 5.41) is 1.17. The zero-order valence-electron chi connectivity index (χ0n) is 16.3. The van der Waals surface area contributed by atoms with Crippen LogP contribution in [0.2, 0.25) is 10.0 Å². The van der Waals surface area contributed by atoms with Crippen LogP contribution in [-0.4, -0.2) is 22.9 Å². The van der Waals surface area contributed by atoms with Crippen molar-refractivity contribution >= 4 is 23.2 Å². The number of aryl methyl sites for hydroxylation is 1. The summed E-state index contributed by atoms with van der Waals surface area (Å²) < 4.78 is 14.4. The van der Waals surface area contributed by atoms with Crippen LogP contribution in [0, 0.1) is 12.7 Å². The van der Waals surface area contributed by atoms with E-state index in [1.54, 1.807) is 12.1 Å². The first-order valence-corrected chi connectivity index (χ1v) is 10.5. The molecule has 0 radical (unpaired) electrons. The molecule has 4 rings (SSSR count). The normalized spacial score (nSPS) is 17.7. The van der Waals surface area contributed by atoms with Gasteiger partial charge in [0.1, 0.15) is 5.82 Å². The molecule has 0 saturated carbocycles. The summed E-state index contributed by atoms with van der Waals surface area (Å²) in [6.45, 7) is 5.13. The van der Waals surface area contributed by atoms with Gasteiger partial charge in [-0.1, -0.05) is 65.7 Å². The predicted octanol–water partition coefficient (Wildman–Crippen LogP) is 6.46. The molecule has 150 valence electrons. The van der Waals surface area contributed by atoms with E-state index in [1.807, 2.05) is 18.2 Å². The van der Waals surface area contributed by atoms with Gasteiger partial charge in [-0.15, -0.1) is 0 Å². The Balaban J connectivity index is 1.67. The van der Waals surface area contributed by atoms with Crippen LogP contribution in [0.5, 0.6) is 0 Å². The van der Waals surface area contributed by atoms with Gasteiger partial charge in [0.2, 0.25) is 0 Å². The number of rotatable bonds is 5. The molecule has 0 aliphatic carbocycles. The van der Waals surface area contributed by atoms with Crippen molar-refractivity contribution in [2.24, 2.45) is 0 Å². The third-order valence-corrected chi connectivity index (χ3v) is 6.16. The third kappa shape index (κ3) is 4.49. The monoisotopic (exact) mass is 428 g/mol. The molecule has 1 heterocycles.